The van der Waals surface area contributed by atoms with Crippen LogP contribution in [0.1, 0.15) is 42.5 Å². The number of carbonyl (C=O) groups is 1. The fourth-order valence-electron chi connectivity index (χ4n) is 8.14. The Hall–Kier alpha value is -3.48. The lowest BCUT2D eigenvalue weighted by Crippen LogP contribution is -2.49. The Kier molecular flexibility index (Phi) is 8.09. The second-order valence-corrected chi connectivity index (χ2v) is 15.4. The number of benzene rings is 2. The number of rotatable bonds is 8. The number of hydrogen-bond donors (Lipinski definition) is 1. The largest absolute Gasteiger partial charge is 0.462 e. The number of piperidine rings is 1. The summed E-state index contributed by atoms with van der Waals surface area (Å²) in [5, 5.41) is 5.24. The van der Waals surface area contributed by atoms with Crippen LogP contribution in [0.4, 0.5) is 11.5 Å². The summed E-state index contributed by atoms with van der Waals surface area (Å²) in [6.07, 6.45) is 5.67. The van der Waals surface area contributed by atoms with Crippen LogP contribution < -0.4 is 19.9 Å². The Balaban J connectivity index is 1.17. The van der Waals surface area contributed by atoms with E-state index in [2.05, 4.69) is 70.4 Å². The predicted molar refractivity (Wildman–Crippen MR) is 180 cm³/mol. The number of fused-ring (bicyclic) bond motifs is 2. The number of amides is 1. The second-order valence-electron chi connectivity index (χ2n) is 13.5. The number of aromatic nitrogens is 2. The standard InChI is InChI=1S/C34H45N7O4S/c1-23-8-5-9-24-10-6-12-29(30(23)24)40-19-15-27-28(20-40)36-33(45-21-26-11-7-16-38(26)3)37-31(27)39-17-13-25(14-18-39)34(32(42)35-2)22-41(34)46(4,43)44/h5-6,8-10,12,25-26H,7,11,13-22H2,1-4H3,(H,35,42)/t26-,34?,41?/m0/s1. The van der Waals surface area contributed by atoms with E-state index < -0.39 is 15.6 Å². The fraction of sp³-hybridized carbons (Fsp3) is 0.559. The van der Waals surface area contributed by atoms with Crippen LogP contribution in [0.3, 0.4) is 0 Å². The average Bonchev–Trinajstić information content (AvgIpc) is 3.72. The Labute approximate surface area is 272 Å². The van der Waals surface area contributed by atoms with E-state index in [9.17, 15) is 13.2 Å². The maximum Gasteiger partial charge on any atom is 0.318 e. The minimum atomic E-state index is -3.47. The molecule has 0 spiro atoms. The van der Waals surface area contributed by atoms with Gasteiger partial charge in [0.05, 0.1) is 18.5 Å². The fourth-order valence-corrected chi connectivity index (χ4v) is 9.39. The van der Waals surface area contributed by atoms with Crippen molar-refractivity contribution in [3.05, 3.63) is 53.2 Å². The third-order valence-corrected chi connectivity index (χ3v) is 12.0. The molecule has 2 aromatic carbocycles. The number of nitrogens with zero attached hydrogens (tertiary/aromatic N) is 6. The minimum Gasteiger partial charge on any atom is -0.462 e. The highest BCUT2D eigenvalue weighted by Crippen LogP contribution is 2.47. The van der Waals surface area contributed by atoms with E-state index >= 15 is 0 Å². The summed E-state index contributed by atoms with van der Waals surface area (Å²) in [6, 6.07) is 13.7. The summed E-state index contributed by atoms with van der Waals surface area (Å²) >= 11 is 0. The molecule has 1 amide bonds. The first-order valence-electron chi connectivity index (χ1n) is 16.5. The number of sulfonamides is 1. The number of likely N-dealkylation sites (N-methyl/N-ethyl adjacent to an activating group) is 2. The highest BCUT2D eigenvalue weighted by molar-refractivity contribution is 7.88. The molecule has 2 unspecified atom stereocenters. The van der Waals surface area contributed by atoms with Gasteiger partial charge in [0, 0.05) is 55.9 Å². The molecule has 1 aromatic heterocycles. The number of carbonyl (C=O) groups excluding carboxylic acids is 1. The van der Waals surface area contributed by atoms with Gasteiger partial charge in [-0.3, -0.25) is 4.79 Å². The molecule has 4 aliphatic heterocycles. The van der Waals surface area contributed by atoms with Crippen molar-refractivity contribution in [3.8, 4) is 6.01 Å². The molecule has 3 atom stereocenters. The van der Waals surface area contributed by atoms with Gasteiger partial charge in [-0.15, -0.1) is 0 Å². The summed E-state index contributed by atoms with van der Waals surface area (Å²) in [4.78, 5) is 30.1. The molecule has 3 saturated heterocycles. The maximum atomic E-state index is 13.0. The van der Waals surface area contributed by atoms with E-state index in [1.165, 1.54) is 39.0 Å². The quantitative estimate of drug-likeness (QED) is 0.369. The molecule has 5 heterocycles. The number of hydrogen-bond acceptors (Lipinski definition) is 9. The van der Waals surface area contributed by atoms with Crippen molar-refractivity contribution in [1.82, 2.24) is 24.5 Å². The first-order valence-corrected chi connectivity index (χ1v) is 18.4. The highest BCUT2D eigenvalue weighted by Gasteiger charge is 2.66. The monoisotopic (exact) mass is 647 g/mol. The molecular weight excluding hydrogens is 602 g/mol. The lowest BCUT2D eigenvalue weighted by Gasteiger charge is -2.38. The number of likely N-dealkylation sites (tertiary alicyclic amines) is 1. The van der Waals surface area contributed by atoms with E-state index in [1.807, 2.05) is 0 Å². The molecule has 12 heteroatoms. The summed E-state index contributed by atoms with van der Waals surface area (Å²) in [7, 11) is 0.252. The predicted octanol–water partition coefficient (Wildman–Crippen LogP) is 2.95. The normalized spacial score (nSPS) is 25.5. The smallest absolute Gasteiger partial charge is 0.318 e. The minimum absolute atomic E-state index is 0.0604. The molecule has 3 aromatic rings. The topological polar surface area (TPSA) is 111 Å². The van der Waals surface area contributed by atoms with Crippen molar-refractivity contribution >= 4 is 38.2 Å². The van der Waals surface area contributed by atoms with Crippen molar-refractivity contribution in [3.63, 3.8) is 0 Å². The molecular formula is C34H45N7O4S. The van der Waals surface area contributed by atoms with Crippen LogP contribution in [0.25, 0.3) is 10.8 Å². The van der Waals surface area contributed by atoms with Gasteiger partial charge in [-0.25, -0.2) is 8.42 Å². The van der Waals surface area contributed by atoms with Crippen LogP contribution in [0.2, 0.25) is 0 Å². The van der Waals surface area contributed by atoms with Crippen molar-refractivity contribution in [2.24, 2.45) is 5.92 Å². The lowest BCUT2D eigenvalue weighted by atomic mass is 9.83. The van der Waals surface area contributed by atoms with E-state index in [4.69, 9.17) is 14.7 Å². The molecule has 7 rings (SSSR count). The average molecular weight is 648 g/mol. The molecule has 4 aliphatic rings. The molecule has 1 N–H and O–H groups in total. The number of ether oxygens (including phenoxy) is 1. The lowest BCUT2D eigenvalue weighted by molar-refractivity contribution is -0.125. The maximum absolute atomic E-state index is 13.0. The van der Waals surface area contributed by atoms with E-state index in [0.717, 1.165) is 43.0 Å². The Morgan fingerprint density at radius 1 is 1.04 bits per heavy atom. The van der Waals surface area contributed by atoms with Gasteiger partial charge in [0.25, 0.3) is 0 Å². The van der Waals surface area contributed by atoms with Crippen LogP contribution in [0.15, 0.2) is 36.4 Å². The van der Waals surface area contributed by atoms with Crippen molar-refractivity contribution in [2.45, 2.75) is 57.2 Å². The summed E-state index contributed by atoms with van der Waals surface area (Å²) in [6.45, 7) is 6.93. The van der Waals surface area contributed by atoms with Gasteiger partial charge >= 0.3 is 6.01 Å². The third kappa shape index (κ3) is 5.47. The van der Waals surface area contributed by atoms with Crippen LogP contribution in [-0.2, 0) is 27.8 Å². The van der Waals surface area contributed by atoms with E-state index in [0.29, 0.717) is 51.1 Å². The zero-order valence-corrected chi connectivity index (χ0v) is 28.1. The number of aryl methyl sites for hydroxylation is 1. The molecule has 0 aliphatic carbocycles. The number of nitrogens with one attached hydrogen (secondary N) is 1. The molecule has 0 radical (unpaired) electrons. The molecule has 246 valence electrons. The van der Waals surface area contributed by atoms with Crippen LogP contribution in [0, 0.1) is 12.8 Å². The van der Waals surface area contributed by atoms with Gasteiger partial charge in [-0.1, -0.05) is 30.3 Å². The van der Waals surface area contributed by atoms with E-state index in [-0.39, 0.29) is 18.4 Å². The summed E-state index contributed by atoms with van der Waals surface area (Å²) < 4.78 is 32.6. The van der Waals surface area contributed by atoms with Crippen LogP contribution in [0.5, 0.6) is 6.01 Å². The van der Waals surface area contributed by atoms with Crippen molar-refractivity contribution in [2.75, 3.05) is 69.5 Å². The Morgan fingerprint density at radius 2 is 1.80 bits per heavy atom. The van der Waals surface area contributed by atoms with Crippen molar-refractivity contribution < 1.29 is 17.9 Å². The third-order valence-electron chi connectivity index (χ3n) is 10.7. The second kappa shape index (κ2) is 12.0. The zero-order chi connectivity index (χ0) is 32.2. The van der Waals surface area contributed by atoms with Gasteiger partial charge in [0.1, 0.15) is 18.0 Å². The number of anilines is 2. The first kappa shape index (κ1) is 31.1. The van der Waals surface area contributed by atoms with Crippen LogP contribution >= 0.6 is 0 Å². The first-order chi connectivity index (χ1) is 22.1. The molecule has 0 saturated carbocycles. The van der Waals surface area contributed by atoms with Gasteiger partial charge in [-0.05, 0) is 75.6 Å². The molecule has 11 nitrogen and oxygen atoms in total. The summed E-state index contributed by atoms with van der Waals surface area (Å²) in [5.41, 5.74) is 3.64. The van der Waals surface area contributed by atoms with Gasteiger partial charge in [0.15, 0.2) is 0 Å². The SMILES string of the molecule is CNC(=O)C1(C2CCN(c3nc(OC[C@@H]4CCCN4C)nc4c3CCN(c3cccc5cccc(C)c35)C4)CC2)CN1S(C)(=O)=O. The zero-order valence-electron chi connectivity index (χ0n) is 27.3. The van der Waals surface area contributed by atoms with Gasteiger partial charge in [-0.2, -0.15) is 14.3 Å². The van der Waals surface area contributed by atoms with Crippen LogP contribution in [-0.4, -0.2) is 105 Å². The summed E-state index contributed by atoms with van der Waals surface area (Å²) in [5.74, 6) is 0.638. The molecule has 3 fully saturated rings. The highest BCUT2D eigenvalue weighted by atomic mass is 32.2. The Bertz CT molecular complexity index is 1750. The van der Waals surface area contributed by atoms with Gasteiger partial charge in [0.2, 0.25) is 15.9 Å². The van der Waals surface area contributed by atoms with E-state index in [1.54, 1.807) is 7.05 Å². The molecule has 0 bridgehead atoms. The molecule has 46 heavy (non-hydrogen) atoms. The van der Waals surface area contributed by atoms with Gasteiger partial charge < -0.3 is 24.8 Å². The Morgan fingerprint density at radius 3 is 2.48 bits per heavy atom. The van der Waals surface area contributed by atoms with Crippen molar-refractivity contribution in [1.29, 1.82) is 0 Å².